The van der Waals surface area contributed by atoms with E-state index in [9.17, 15) is 4.79 Å². The van der Waals surface area contributed by atoms with Crippen LogP contribution in [-0.4, -0.2) is 44.0 Å². The maximum atomic E-state index is 13.3. The first kappa shape index (κ1) is 25.4. The third-order valence-electron chi connectivity index (χ3n) is 7.89. The van der Waals surface area contributed by atoms with E-state index < -0.39 is 0 Å². The van der Waals surface area contributed by atoms with Crippen molar-refractivity contribution in [2.75, 3.05) is 13.9 Å². The van der Waals surface area contributed by atoms with Crippen LogP contribution in [-0.2, 0) is 13.1 Å². The predicted octanol–water partition coefficient (Wildman–Crippen LogP) is 4.91. The minimum Gasteiger partial charge on any atom is -0.497 e. The highest BCUT2D eigenvalue weighted by molar-refractivity contribution is 5.80. The number of rotatable bonds is 9. The first-order valence-electron chi connectivity index (χ1n) is 13.7. The van der Waals surface area contributed by atoms with Gasteiger partial charge in [0.25, 0.3) is 5.56 Å². The van der Waals surface area contributed by atoms with E-state index in [0.29, 0.717) is 30.4 Å². The maximum absolute atomic E-state index is 13.3. The molecule has 1 fully saturated rings. The third-order valence-corrected chi connectivity index (χ3v) is 7.89. The summed E-state index contributed by atoms with van der Waals surface area (Å²) in [5.41, 5.74) is 2.38. The molecule has 6 rings (SSSR count). The Morgan fingerprint density at radius 1 is 1.08 bits per heavy atom. The van der Waals surface area contributed by atoms with Gasteiger partial charge in [0.15, 0.2) is 17.3 Å². The second-order valence-electron chi connectivity index (χ2n) is 10.4. The van der Waals surface area contributed by atoms with Crippen molar-refractivity contribution in [1.29, 1.82) is 0 Å². The van der Waals surface area contributed by atoms with E-state index in [-0.39, 0.29) is 18.4 Å². The maximum Gasteiger partial charge on any atom is 0.252 e. The van der Waals surface area contributed by atoms with Crippen molar-refractivity contribution in [3.05, 3.63) is 69.8 Å². The van der Waals surface area contributed by atoms with Crippen LogP contribution in [0.4, 0.5) is 0 Å². The number of ether oxygens (including phenoxy) is 3. The summed E-state index contributed by atoms with van der Waals surface area (Å²) in [5.74, 6) is 3.05. The van der Waals surface area contributed by atoms with E-state index in [2.05, 4.69) is 32.3 Å². The summed E-state index contributed by atoms with van der Waals surface area (Å²) in [6.07, 6.45) is 6.62. The molecule has 3 heterocycles. The van der Waals surface area contributed by atoms with Crippen LogP contribution in [0, 0.1) is 0 Å². The molecular weight excluding hydrogens is 496 g/mol. The van der Waals surface area contributed by atoms with Gasteiger partial charge in [-0.3, -0.25) is 9.69 Å². The molecule has 10 nitrogen and oxygen atoms in total. The predicted molar refractivity (Wildman–Crippen MR) is 146 cm³/mol. The van der Waals surface area contributed by atoms with Gasteiger partial charge < -0.3 is 19.2 Å². The van der Waals surface area contributed by atoms with Crippen molar-refractivity contribution in [2.45, 2.75) is 70.6 Å². The molecule has 4 aromatic rings. The van der Waals surface area contributed by atoms with Crippen LogP contribution in [0.25, 0.3) is 10.9 Å². The number of aromatic amines is 1. The summed E-state index contributed by atoms with van der Waals surface area (Å²) in [7, 11) is 1.62. The Hall–Kier alpha value is -3.92. The molecule has 1 saturated carbocycles. The van der Waals surface area contributed by atoms with Crippen LogP contribution in [0.1, 0.15) is 74.5 Å². The molecule has 2 aromatic carbocycles. The number of pyridine rings is 1. The van der Waals surface area contributed by atoms with Crippen molar-refractivity contribution >= 4 is 10.9 Å². The Morgan fingerprint density at radius 3 is 2.74 bits per heavy atom. The number of H-pyrrole nitrogens is 1. The highest BCUT2D eigenvalue weighted by Gasteiger charge is 2.29. The quantitative estimate of drug-likeness (QED) is 0.325. The Kier molecular flexibility index (Phi) is 7.19. The van der Waals surface area contributed by atoms with Gasteiger partial charge in [0, 0.05) is 24.7 Å². The Labute approximate surface area is 226 Å². The SMILES string of the molecule is CC[C@@H](c1nnnn1C1CCCCC1)N(Cc1ccc2c(c1)OCO2)Cc1cc2ccc(OC)cc2[nH]c1=O. The number of nitrogens with zero attached hydrogens (tertiary/aromatic N) is 5. The van der Waals surface area contributed by atoms with Gasteiger partial charge in [-0.2, -0.15) is 0 Å². The van der Waals surface area contributed by atoms with Gasteiger partial charge in [0.05, 0.1) is 24.7 Å². The normalized spacial score (nSPS) is 16.2. The van der Waals surface area contributed by atoms with Crippen LogP contribution in [0.3, 0.4) is 0 Å². The molecule has 0 bridgehead atoms. The molecular formula is C29H34N6O4. The Morgan fingerprint density at radius 2 is 1.92 bits per heavy atom. The topological polar surface area (TPSA) is 107 Å². The number of tetrazole rings is 1. The Bertz CT molecular complexity index is 1510. The second kappa shape index (κ2) is 11.1. The summed E-state index contributed by atoms with van der Waals surface area (Å²) in [6, 6.07) is 13.9. The Balaban J connectivity index is 1.37. The zero-order valence-corrected chi connectivity index (χ0v) is 22.4. The molecule has 39 heavy (non-hydrogen) atoms. The number of nitrogens with one attached hydrogen (secondary N) is 1. The van der Waals surface area contributed by atoms with Gasteiger partial charge in [-0.15, -0.1) is 5.10 Å². The van der Waals surface area contributed by atoms with Crippen LogP contribution in [0.15, 0.2) is 47.3 Å². The average molecular weight is 531 g/mol. The van der Waals surface area contributed by atoms with E-state index in [1.807, 2.05) is 47.1 Å². The van der Waals surface area contributed by atoms with Gasteiger partial charge in [0.2, 0.25) is 6.79 Å². The van der Waals surface area contributed by atoms with Crippen molar-refractivity contribution in [2.24, 2.45) is 0 Å². The van der Waals surface area contributed by atoms with E-state index in [1.165, 1.54) is 19.3 Å². The monoisotopic (exact) mass is 530 g/mol. The van der Waals surface area contributed by atoms with Crippen LogP contribution < -0.4 is 19.8 Å². The number of fused-ring (bicyclic) bond motifs is 2. The van der Waals surface area contributed by atoms with Crippen molar-refractivity contribution in [3.8, 4) is 17.2 Å². The lowest BCUT2D eigenvalue weighted by Crippen LogP contribution is -2.33. The summed E-state index contributed by atoms with van der Waals surface area (Å²) in [4.78, 5) is 18.6. The molecule has 0 unspecified atom stereocenters. The third kappa shape index (κ3) is 5.21. The molecule has 204 valence electrons. The number of benzene rings is 2. The molecule has 1 aliphatic heterocycles. The fourth-order valence-electron chi connectivity index (χ4n) is 5.85. The van der Waals surface area contributed by atoms with E-state index in [1.54, 1.807) is 7.11 Å². The summed E-state index contributed by atoms with van der Waals surface area (Å²) in [5, 5.41) is 14.0. The van der Waals surface area contributed by atoms with Gasteiger partial charge in [-0.1, -0.05) is 32.3 Å². The van der Waals surface area contributed by atoms with Gasteiger partial charge in [-0.25, -0.2) is 4.68 Å². The van der Waals surface area contributed by atoms with E-state index >= 15 is 0 Å². The zero-order chi connectivity index (χ0) is 26.8. The van der Waals surface area contributed by atoms with Crippen LogP contribution in [0.5, 0.6) is 17.2 Å². The lowest BCUT2D eigenvalue weighted by atomic mass is 9.95. The van der Waals surface area contributed by atoms with Crippen LogP contribution in [0.2, 0.25) is 0 Å². The number of hydrogen-bond acceptors (Lipinski definition) is 8. The molecule has 0 saturated heterocycles. The summed E-state index contributed by atoms with van der Waals surface area (Å²) < 4.78 is 18.5. The average Bonchev–Trinajstić information content (AvgIpc) is 3.64. The molecule has 0 spiro atoms. The minimum absolute atomic E-state index is 0.0849. The summed E-state index contributed by atoms with van der Waals surface area (Å²) >= 11 is 0. The fourth-order valence-corrected chi connectivity index (χ4v) is 5.85. The molecule has 2 aromatic heterocycles. The molecule has 2 aliphatic rings. The van der Waals surface area contributed by atoms with Gasteiger partial charge in [-0.05, 0) is 71.0 Å². The van der Waals surface area contributed by atoms with Gasteiger partial charge >= 0.3 is 0 Å². The molecule has 1 N–H and O–H groups in total. The van der Waals surface area contributed by atoms with Gasteiger partial charge in [0.1, 0.15) is 5.75 Å². The second-order valence-corrected chi connectivity index (χ2v) is 10.4. The highest BCUT2D eigenvalue weighted by Crippen LogP contribution is 2.36. The molecule has 10 heteroatoms. The molecule has 0 amide bonds. The lowest BCUT2D eigenvalue weighted by Gasteiger charge is -2.32. The highest BCUT2D eigenvalue weighted by atomic mass is 16.7. The smallest absolute Gasteiger partial charge is 0.252 e. The lowest BCUT2D eigenvalue weighted by molar-refractivity contribution is 0.155. The number of methoxy groups -OCH3 is 1. The summed E-state index contributed by atoms with van der Waals surface area (Å²) in [6.45, 7) is 3.40. The number of aromatic nitrogens is 5. The molecule has 0 radical (unpaired) electrons. The molecule has 1 atom stereocenters. The van der Waals surface area contributed by atoms with E-state index in [4.69, 9.17) is 14.2 Å². The first-order chi connectivity index (χ1) is 19.1. The zero-order valence-electron chi connectivity index (χ0n) is 22.4. The van der Waals surface area contributed by atoms with Crippen molar-refractivity contribution in [1.82, 2.24) is 30.1 Å². The first-order valence-corrected chi connectivity index (χ1v) is 13.7. The van der Waals surface area contributed by atoms with Crippen molar-refractivity contribution in [3.63, 3.8) is 0 Å². The van der Waals surface area contributed by atoms with Crippen molar-refractivity contribution < 1.29 is 14.2 Å². The minimum atomic E-state index is -0.117. The molecule has 1 aliphatic carbocycles. The fraction of sp³-hybridized carbons (Fsp3) is 0.448. The standard InChI is InChI=1S/C29H34N6O4/c1-3-25(28-31-32-33-35(28)22-7-5-4-6-8-22)34(16-19-9-12-26-27(13-19)39-18-38-26)17-21-14-20-10-11-23(37-2)15-24(20)30-29(21)36/h9-15,22,25H,3-8,16-18H2,1-2H3,(H,30,36)/t25-/m0/s1. The van der Waals surface area contributed by atoms with Crippen LogP contribution >= 0.6 is 0 Å². The number of hydrogen-bond donors (Lipinski definition) is 1. The van der Waals surface area contributed by atoms with E-state index in [0.717, 1.165) is 53.1 Å². The largest absolute Gasteiger partial charge is 0.497 e.